The first-order chi connectivity index (χ1) is 5.91. The lowest BCUT2D eigenvalue weighted by molar-refractivity contribution is 0.402. The fourth-order valence-electron chi connectivity index (χ4n) is 0.647. The Morgan fingerprint density at radius 1 is 1.46 bits per heavy atom. The molecular formula is C7H17IN2O2S. The Morgan fingerprint density at radius 2 is 2.00 bits per heavy atom. The van der Waals surface area contributed by atoms with Crippen LogP contribution in [0.15, 0.2) is 0 Å². The van der Waals surface area contributed by atoms with Gasteiger partial charge in [-0.05, 0) is 20.3 Å². The van der Waals surface area contributed by atoms with E-state index in [0.717, 1.165) is 10.8 Å². The molecule has 0 aliphatic carbocycles. The maximum Gasteiger partial charge on any atom is 0.279 e. The first-order valence-corrected chi connectivity index (χ1v) is 7.17. The highest BCUT2D eigenvalue weighted by Crippen LogP contribution is 2.00. The molecule has 0 aliphatic rings. The molecule has 0 atom stereocenters. The van der Waals surface area contributed by atoms with Gasteiger partial charge >= 0.3 is 0 Å². The first-order valence-electron chi connectivity index (χ1n) is 4.20. The van der Waals surface area contributed by atoms with Crippen LogP contribution >= 0.6 is 22.6 Å². The van der Waals surface area contributed by atoms with Crippen LogP contribution in [0.5, 0.6) is 0 Å². The summed E-state index contributed by atoms with van der Waals surface area (Å²) in [5.41, 5.74) is 0. The Bertz CT molecular complexity index is 229. The van der Waals surface area contributed by atoms with Crippen molar-refractivity contribution < 1.29 is 8.42 Å². The summed E-state index contributed by atoms with van der Waals surface area (Å²) < 4.78 is 27.8. The zero-order chi connectivity index (χ0) is 10.5. The lowest BCUT2D eigenvalue weighted by atomic mass is 10.4. The number of rotatable bonds is 6. The van der Waals surface area contributed by atoms with Crippen molar-refractivity contribution in [1.29, 1.82) is 0 Å². The van der Waals surface area contributed by atoms with E-state index in [1.807, 2.05) is 13.8 Å². The fraction of sp³-hybridized carbons (Fsp3) is 1.00. The maximum atomic E-state index is 11.5. The fourth-order valence-corrected chi connectivity index (χ4v) is 2.19. The zero-order valence-corrected chi connectivity index (χ0v) is 11.2. The predicted molar refractivity (Wildman–Crippen MR) is 63.3 cm³/mol. The highest BCUT2D eigenvalue weighted by molar-refractivity contribution is 14.1. The minimum Gasteiger partial charge on any atom is -0.202 e. The summed E-state index contributed by atoms with van der Waals surface area (Å²) in [5, 5.41) is 0. The van der Waals surface area contributed by atoms with E-state index < -0.39 is 10.2 Å². The molecule has 4 nitrogen and oxygen atoms in total. The third kappa shape index (κ3) is 5.14. The summed E-state index contributed by atoms with van der Waals surface area (Å²) in [5.74, 6) is 0. The van der Waals surface area contributed by atoms with Crippen molar-refractivity contribution in [2.45, 2.75) is 26.3 Å². The van der Waals surface area contributed by atoms with Crippen molar-refractivity contribution >= 4 is 32.8 Å². The Hall–Kier alpha value is 0.600. The van der Waals surface area contributed by atoms with E-state index in [-0.39, 0.29) is 6.04 Å². The summed E-state index contributed by atoms with van der Waals surface area (Å²) in [6, 6.07) is -0.00268. The summed E-state index contributed by atoms with van der Waals surface area (Å²) in [4.78, 5) is 0. The van der Waals surface area contributed by atoms with E-state index in [1.165, 1.54) is 4.31 Å². The van der Waals surface area contributed by atoms with Gasteiger partial charge in [0.1, 0.15) is 0 Å². The van der Waals surface area contributed by atoms with Gasteiger partial charge in [0.25, 0.3) is 10.2 Å². The SMILES string of the molecule is CC(C)N(C)S(=O)(=O)NCCCI. The van der Waals surface area contributed by atoms with Gasteiger partial charge in [-0.2, -0.15) is 12.7 Å². The van der Waals surface area contributed by atoms with Crippen LogP contribution in [0, 0.1) is 0 Å². The molecule has 0 radical (unpaired) electrons. The van der Waals surface area contributed by atoms with Crippen LogP contribution in [0.4, 0.5) is 0 Å². The quantitative estimate of drug-likeness (QED) is 0.451. The third-order valence-electron chi connectivity index (χ3n) is 1.70. The summed E-state index contributed by atoms with van der Waals surface area (Å²) >= 11 is 2.22. The predicted octanol–water partition coefficient (Wildman–Crippen LogP) is 0.986. The van der Waals surface area contributed by atoms with Crippen LogP contribution in [0.3, 0.4) is 0 Å². The van der Waals surface area contributed by atoms with Gasteiger partial charge in [-0.3, -0.25) is 0 Å². The molecule has 0 aromatic rings. The Morgan fingerprint density at radius 3 is 2.38 bits per heavy atom. The molecule has 0 rings (SSSR count). The Labute approximate surface area is 94.4 Å². The number of alkyl halides is 1. The topological polar surface area (TPSA) is 49.4 Å². The molecule has 0 amide bonds. The molecule has 0 bridgehead atoms. The van der Waals surface area contributed by atoms with Gasteiger partial charge in [-0.25, -0.2) is 4.72 Å². The van der Waals surface area contributed by atoms with E-state index in [0.29, 0.717) is 6.54 Å². The highest BCUT2D eigenvalue weighted by Gasteiger charge is 2.18. The molecular weight excluding hydrogens is 303 g/mol. The van der Waals surface area contributed by atoms with E-state index in [1.54, 1.807) is 7.05 Å². The molecule has 0 aliphatic heterocycles. The van der Waals surface area contributed by atoms with Gasteiger partial charge in [0.15, 0.2) is 0 Å². The van der Waals surface area contributed by atoms with Crippen molar-refractivity contribution in [3.05, 3.63) is 0 Å². The van der Waals surface area contributed by atoms with Gasteiger partial charge < -0.3 is 0 Å². The average Bonchev–Trinajstić information content (AvgIpc) is 2.03. The summed E-state index contributed by atoms with van der Waals surface area (Å²) in [7, 11) is -1.67. The van der Waals surface area contributed by atoms with Crippen molar-refractivity contribution in [2.75, 3.05) is 18.0 Å². The maximum absolute atomic E-state index is 11.5. The van der Waals surface area contributed by atoms with Crippen molar-refractivity contribution in [3.63, 3.8) is 0 Å². The van der Waals surface area contributed by atoms with Crippen LogP contribution < -0.4 is 4.72 Å². The number of hydrogen-bond acceptors (Lipinski definition) is 2. The summed E-state index contributed by atoms with van der Waals surface area (Å²) in [6.45, 7) is 4.21. The molecule has 0 aromatic heterocycles. The van der Waals surface area contributed by atoms with Crippen molar-refractivity contribution in [2.24, 2.45) is 0 Å². The molecule has 0 unspecified atom stereocenters. The third-order valence-corrected chi connectivity index (χ3v) is 4.21. The minimum atomic E-state index is -3.25. The van der Waals surface area contributed by atoms with Gasteiger partial charge in [0.05, 0.1) is 0 Å². The Kier molecular flexibility index (Phi) is 6.44. The lowest BCUT2D eigenvalue weighted by Crippen LogP contribution is -2.42. The van der Waals surface area contributed by atoms with Crippen LogP contribution in [-0.4, -0.2) is 36.8 Å². The Balaban J connectivity index is 4.08. The molecule has 1 N–H and O–H groups in total. The van der Waals surface area contributed by atoms with Crippen LogP contribution in [-0.2, 0) is 10.2 Å². The molecule has 0 fully saturated rings. The van der Waals surface area contributed by atoms with E-state index in [2.05, 4.69) is 27.3 Å². The van der Waals surface area contributed by atoms with E-state index in [4.69, 9.17) is 0 Å². The van der Waals surface area contributed by atoms with E-state index >= 15 is 0 Å². The molecule has 13 heavy (non-hydrogen) atoms. The summed E-state index contributed by atoms with van der Waals surface area (Å²) in [6.07, 6.45) is 0.867. The monoisotopic (exact) mass is 320 g/mol. The first kappa shape index (κ1) is 13.6. The molecule has 0 spiro atoms. The second-order valence-corrected chi connectivity index (χ2v) is 5.95. The lowest BCUT2D eigenvalue weighted by Gasteiger charge is -2.20. The normalized spacial score (nSPS) is 12.8. The van der Waals surface area contributed by atoms with Crippen molar-refractivity contribution in [3.8, 4) is 0 Å². The smallest absolute Gasteiger partial charge is 0.202 e. The van der Waals surface area contributed by atoms with Crippen LogP contribution in [0.2, 0.25) is 0 Å². The second-order valence-electron chi connectivity index (χ2n) is 3.05. The van der Waals surface area contributed by atoms with Gasteiger partial charge in [0.2, 0.25) is 0 Å². The molecule has 0 aromatic carbocycles. The molecule has 0 saturated carbocycles. The molecule has 0 heterocycles. The van der Waals surface area contributed by atoms with E-state index in [9.17, 15) is 8.42 Å². The van der Waals surface area contributed by atoms with Crippen LogP contribution in [0.1, 0.15) is 20.3 Å². The number of nitrogens with one attached hydrogen (secondary N) is 1. The number of nitrogens with zero attached hydrogens (tertiary/aromatic N) is 1. The average molecular weight is 320 g/mol. The van der Waals surface area contributed by atoms with Crippen LogP contribution in [0.25, 0.3) is 0 Å². The molecule has 6 heteroatoms. The number of hydrogen-bond donors (Lipinski definition) is 1. The second kappa shape index (κ2) is 6.15. The standard InChI is InChI=1S/C7H17IN2O2S/c1-7(2)10(3)13(11,12)9-6-4-5-8/h7,9H,4-6H2,1-3H3. The molecule has 80 valence electrons. The van der Waals surface area contributed by atoms with Crippen molar-refractivity contribution in [1.82, 2.24) is 9.03 Å². The van der Waals surface area contributed by atoms with Gasteiger partial charge in [-0.1, -0.05) is 22.6 Å². The largest absolute Gasteiger partial charge is 0.279 e. The van der Waals surface area contributed by atoms with Gasteiger partial charge in [0, 0.05) is 24.1 Å². The number of halogens is 1. The highest BCUT2D eigenvalue weighted by atomic mass is 127. The minimum absolute atomic E-state index is 0.00268. The van der Waals surface area contributed by atoms with Gasteiger partial charge in [-0.15, -0.1) is 0 Å². The molecule has 0 saturated heterocycles. The zero-order valence-electron chi connectivity index (χ0n) is 8.25.